The van der Waals surface area contributed by atoms with E-state index in [1.165, 1.54) is 0 Å². The summed E-state index contributed by atoms with van der Waals surface area (Å²) in [6.45, 7) is 5.07. The Hall–Kier alpha value is -2.99. The first kappa shape index (κ1) is 20.7. The molecule has 0 spiro atoms. The van der Waals surface area contributed by atoms with E-state index < -0.39 is 5.97 Å². The molecule has 6 nitrogen and oxygen atoms in total. The Labute approximate surface area is 170 Å². The lowest BCUT2D eigenvalue weighted by molar-refractivity contribution is -0.141. The molecule has 0 atom stereocenters. The number of benzene rings is 1. The molecule has 0 bridgehead atoms. The fraction of sp³-hybridized carbons (Fsp3) is 0.348. The third kappa shape index (κ3) is 4.90. The quantitative estimate of drug-likeness (QED) is 0.315. The van der Waals surface area contributed by atoms with Crippen LogP contribution in [0, 0.1) is 13.8 Å². The number of pyridine rings is 1. The van der Waals surface area contributed by atoms with Crippen LogP contribution in [-0.2, 0) is 27.2 Å². The van der Waals surface area contributed by atoms with E-state index in [2.05, 4.69) is 9.55 Å². The van der Waals surface area contributed by atoms with E-state index in [1.54, 1.807) is 13.3 Å². The number of methoxy groups -OCH3 is 1. The van der Waals surface area contributed by atoms with Crippen molar-refractivity contribution in [2.45, 2.75) is 33.2 Å². The van der Waals surface area contributed by atoms with Gasteiger partial charge >= 0.3 is 5.97 Å². The molecule has 6 heteroatoms. The number of aryl methyl sites for hydroxylation is 1. The SMILES string of the molecule is COCCCn1c(C)cc(C(=O)COC(=O)Cc2cccc3cccnc23)c1C. The van der Waals surface area contributed by atoms with E-state index in [0.29, 0.717) is 12.2 Å². The molecule has 0 fully saturated rings. The maximum absolute atomic E-state index is 12.6. The number of Topliss-reactive ketones (excluding diaryl/α,β-unsaturated/α-hetero) is 1. The zero-order valence-corrected chi connectivity index (χ0v) is 17.1. The monoisotopic (exact) mass is 394 g/mol. The lowest BCUT2D eigenvalue weighted by atomic mass is 10.1. The summed E-state index contributed by atoms with van der Waals surface area (Å²) in [5.74, 6) is -0.633. The van der Waals surface area contributed by atoms with E-state index in [-0.39, 0.29) is 18.8 Å². The molecule has 0 aliphatic carbocycles. The van der Waals surface area contributed by atoms with Gasteiger partial charge in [-0.1, -0.05) is 24.3 Å². The third-order valence-electron chi connectivity index (χ3n) is 5.02. The molecule has 29 heavy (non-hydrogen) atoms. The number of ether oxygens (including phenoxy) is 2. The summed E-state index contributed by atoms with van der Waals surface area (Å²) in [6.07, 6.45) is 2.65. The average Bonchev–Trinajstić information content (AvgIpc) is 3.01. The zero-order chi connectivity index (χ0) is 20.8. The fourth-order valence-corrected chi connectivity index (χ4v) is 3.53. The second kappa shape index (κ2) is 9.47. The number of nitrogens with zero attached hydrogens (tertiary/aromatic N) is 2. The maximum Gasteiger partial charge on any atom is 0.310 e. The summed E-state index contributed by atoms with van der Waals surface area (Å²) >= 11 is 0. The Morgan fingerprint density at radius 3 is 2.72 bits per heavy atom. The van der Waals surface area contributed by atoms with Gasteiger partial charge in [0.25, 0.3) is 0 Å². The van der Waals surface area contributed by atoms with Crippen LogP contribution in [0.15, 0.2) is 42.6 Å². The minimum Gasteiger partial charge on any atom is -0.457 e. The van der Waals surface area contributed by atoms with Gasteiger partial charge in [0, 0.05) is 48.8 Å². The van der Waals surface area contributed by atoms with Crippen molar-refractivity contribution >= 4 is 22.7 Å². The van der Waals surface area contributed by atoms with Crippen molar-refractivity contribution in [2.75, 3.05) is 20.3 Å². The van der Waals surface area contributed by atoms with Gasteiger partial charge in [-0.2, -0.15) is 0 Å². The van der Waals surface area contributed by atoms with Gasteiger partial charge in [-0.3, -0.25) is 14.6 Å². The van der Waals surface area contributed by atoms with Gasteiger partial charge < -0.3 is 14.0 Å². The van der Waals surface area contributed by atoms with Crippen LogP contribution in [0.2, 0.25) is 0 Å². The van der Waals surface area contributed by atoms with Gasteiger partial charge in [-0.05, 0) is 38.0 Å². The third-order valence-corrected chi connectivity index (χ3v) is 5.02. The minimum absolute atomic E-state index is 0.0810. The fourth-order valence-electron chi connectivity index (χ4n) is 3.53. The number of carbonyl (C=O) groups excluding carboxylic acids is 2. The van der Waals surface area contributed by atoms with E-state index in [4.69, 9.17) is 9.47 Å². The molecular formula is C23H26N2O4. The molecule has 0 saturated carbocycles. The molecule has 2 heterocycles. The predicted octanol–water partition coefficient (Wildman–Crippen LogP) is 3.66. The molecule has 0 saturated heterocycles. The van der Waals surface area contributed by atoms with Crippen molar-refractivity contribution in [2.24, 2.45) is 0 Å². The highest BCUT2D eigenvalue weighted by atomic mass is 16.5. The van der Waals surface area contributed by atoms with Gasteiger partial charge in [0.15, 0.2) is 6.61 Å². The summed E-state index contributed by atoms with van der Waals surface area (Å²) in [4.78, 5) is 29.3. The number of carbonyl (C=O) groups is 2. The molecule has 3 rings (SSSR count). The predicted molar refractivity (Wildman–Crippen MR) is 111 cm³/mol. The Morgan fingerprint density at radius 1 is 1.14 bits per heavy atom. The van der Waals surface area contributed by atoms with Crippen molar-refractivity contribution in [3.05, 3.63) is 65.1 Å². The molecule has 0 radical (unpaired) electrons. The van der Waals surface area contributed by atoms with E-state index in [1.807, 2.05) is 50.2 Å². The molecule has 0 aliphatic heterocycles. The van der Waals surface area contributed by atoms with Crippen molar-refractivity contribution in [3.8, 4) is 0 Å². The number of para-hydroxylation sites is 1. The number of hydrogen-bond donors (Lipinski definition) is 0. The first-order chi connectivity index (χ1) is 14.0. The molecule has 152 valence electrons. The van der Waals surface area contributed by atoms with Crippen LogP contribution in [0.1, 0.15) is 33.7 Å². The number of rotatable bonds is 9. The minimum atomic E-state index is -0.439. The lowest BCUT2D eigenvalue weighted by Crippen LogP contribution is -2.16. The standard InChI is InChI=1S/C23H26N2O4/c1-16-13-20(17(2)25(16)11-6-12-28-3)21(26)15-29-22(27)14-19-8-4-7-18-9-5-10-24-23(18)19/h4-5,7-10,13H,6,11-12,14-15H2,1-3H3. The number of ketones is 1. The number of fused-ring (bicyclic) bond motifs is 1. The normalized spacial score (nSPS) is 11.0. The second-order valence-corrected chi connectivity index (χ2v) is 7.04. The van der Waals surface area contributed by atoms with Crippen LogP contribution < -0.4 is 0 Å². The van der Waals surface area contributed by atoms with Gasteiger partial charge in [0.2, 0.25) is 5.78 Å². The summed E-state index contributed by atoms with van der Waals surface area (Å²) < 4.78 is 12.5. The topological polar surface area (TPSA) is 70.4 Å². The van der Waals surface area contributed by atoms with Gasteiger partial charge in [-0.25, -0.2) is 0 Å². The van der Waals surface area contributed by atoms with Crippen molar-refractivity contribution in [3.63, 3.8) is 0 Å². The van der Waals surface area contributed by atoms with Crippen LogP contribution in [-0.4, -0.2) is 41.6 Å². The zero-order valence-electron chi connectivity index (χ0n) is 17.1. The maximum atomic E-state index is 12.6. The Morgan fingerprint density at radius 2 is 1.93 bits per heavy atom. The number of aromatic nitrogens is 2. The van der Waals surface area contributed by atoms with Gasteiger partial charge in [0.1, 0.15) is 0 Å². The Balaban J connectivity index is 1.62. The smallest absolute Gasteiger partial charge is 0.310 e. The van der Waals surface area contributed by atoms with Crippen molar-refractivity contribution in [1.82, 2.24) is 9.55 Å². The molecular weight excluding hydrogens is 368 g/mol. The number of esters is 1. The summed E-state index contributed by atoms with van der Waals surface area (Å²) in [5, 5.41) is 0.967. The molecule has 2 aromatic heterocycles. The van der Waals surface area contributed by atoms with Crippen molar-refractivity contribution in [1.29, 1.82) is 0 Å². The summed E-state index contributed by atoms with van der Waals surface area (Å²) in [7, 11) is 1.67. The van der Waals surface area contributed by atoms with E-state index in [0.717, 1.165) is 40.8 Å². The van der Waals surface area contributed by atoms with Crippen LogP contribution in [0.25, 0.3) is 10.9 Å². The lowest BCUT2D eigenvalue weighted by Gasteiger charge is -2.09. The highest BCUT2D eigenvalue weighted by molar-refractivity contribution is 5.99. The van der Waals surface area contributed by atoms with Crippen LogP contribution in [0.4, 0.5) is 0 Å². The molecule has 1 aromatic carbocycles. The van der Waals surface area contributed by atoms with Crippen LogP contribution in [0.3, 0.4) is 0 Å². The Bertz CT molecular complexity index is 1020. The summed E-state index contributed by atoms with van der Waals surface area (Å²) in [5.41, 5.74) is 4.06. The summed E-state index contributed by atoms with van der Waals surface area (Å²) in [6, 6.07) is 11.3. The first-order valence-electron chi connectivity index (χ1n) is 9.68. The second-order valence-electron chi connectivity index (χ2n) is 7.04. The molecule has 0 aliphatic rings. The number of hydrogen-bond acceptors (Lipinski definition) is 5. The molecule has 0 unspecified atom stereocenters. The first-order valence-corrected chi connectivity index (χ1v) is 9.68. The molecule has 3 aromatic rings. The molecule has 0 N–H and O–H groups in total. The molecule has 0 amide bonds. The Kier molecular flexibility index (Phi) is 6.77. The highest BCUT2D eigenvalue weighted by Crippen LogP contribution is 2.18. The van der Waals surface area contributed by atoms with E-state index in [9.17, 15) is 9.59 Å². The average molecular weight is 394 g/mol. The van der Waals surface area contributed by atoms with Crippen LogP contribution in [0.5, 0.6) is 0 Å². The van der Waals surface area contributed by atoms with Crippen LogP contribution >= 0.6 is 0 Å². The van der Waals surface area contributed by atoms with Crippen molar-refractivity contribution < 1.29 is 19.1 Å². The highest BCUT2D eigenvalue weighted by Gasteiger charge is 2.18. The van der Waals surface area contributed by atoms with Gasteiger partial charge in [0.05, 0.1) is 11.9 Å². The van der Waals surface area contributed by atoms with E-state index >= 15 is 0 Å². The van der Waals surface area contributed by atoms with Gasteiger partial charge in [-0.15, -0.1) is 0 Å². The largest absolute Gasteiger partial charge is 0.457 e.